The monoisotopic (exact) mass is 239 g/mol. The maximum absolute atomic E-state index is 9.64. The van der Waals surface area contributed by atoms with E-state index in [2.05, 4.69) is 32.6 Å². The van der Waals surface area contributed by atoms with Crippen LogP contribution in [0.3, 0.4) is 0 Å². The van der Waals surface area contributed by atoms with Crippen LogP contribution in [0.1, 0.15) is 53.4 Å². The molecule has 0 aromatic rings. The van der Waals surface area contributed by atoms with E-state index in [0.29, 0.717) is 12.5 Å². The summed E-state index contributed by atoms with van der Waals surface area (Å²) in [6.45, 7) is 10.9. The summed E-state index contributed by atoms with van der Waals surface area (Å²) in [5.41, 5.74) is 0.247. The third-order valence-corrected chi connectivity index (χ3v) is 5.53. The summed E-state index contributed by atoms with van der Waals surface area (Å²) in [6, 6.07) is 1.48. The minimum absolute atomic E-state index is 0.247. The maximum Gasteiger partial charge on any atom is 0.0493 e. The Morgan fingerprint density at radius 1 is 1.24 bits per heavy atom. The van der Waals surface area contributed by atoms with E-state index in [0.717, 1.165) is 18.0 Å². The molecule has 0 amide bonds. The predicted molar refractivity (Wildman–Crippen MR) is 71.9 cm³/mol. The normalized spacial score (nSPS) is 43.1. The highest BCUT2D eigenvalue weighted by molar-refractivity contribution is 5.05. The summed E-state index contributed by atoms with van der Waals surface area (Å²) >= 11 is 0. The van der Waals surface area contributed by atoms with Crippen LogP contribution in [0.2, 0.25) is 0 Å². The molecule has 1 saturated heterocycles. The largest absolute Gasteiger partial charge is 0.396 e. The second-order valence-electron chi connectivity index (χ2n) is 6.77. The molecule has 100 valence electrons. The lowest BCUT2D eigenvalue weighted by molar-refractivity contribution is 0.0789. The van der Waals surface area contributed by atoms with E-state index >= 15 is 0 Å². The van der Waals surface area contributed by atoms with Crippen molar-refractivity contribution in [2.75, 3.05) is 13.2 Å². The molecule has 0 bridgehead atoms. The number of hydrogen-bond donors (Lipinski definition) is 1. The van der Waals surface area contributed by atoms with Crippen molar-refractivity contribution in [1.82, 2.24) is 4.90 Å². The molecule has 0 aromatic carbocycles. The van der Waals surface area contributed by atoms with Gasteiger partial charge in [0.25, 0.3) is 0 Å². The molecule has 1 aliphatic carbocycles. The van der Waals surface area contributed by atoms with Crippen LogP contribution >= 0.6 is 0 Å². The lowest BCUT2D eigenvalue weighted by atomic mass is 9.89. The average molecular weight is 239 g/mol. The summed E-state index contributed by atoms with van der Waals surface area (Å²) in [5, 5.41) is 9.64. The smallest absolute Gasteiger partial charge is 0.0493 e. The summed E-state index contributed by atoms with van der Waals surface area (Å²) in [4.78, 5) is 2.69. The number of aliphatic hydroxyl groups is 1. The van der Waals surface area contributed by atoms with Crippen LogP contribution in [-0.2, 0) is 0 Å². The molecule has 1 aliphatic heterocycles. The second kappa shape index (κ2) is 4.89. The van der Waals surface area contributed by atoms with Gasteiger partial charge in [0.05, 0.1) is 0 Å². The molecule has 1 heterocycles. The minimum atomic E-state index is 0.247. The van der Waals surface area contributed by atoms with Gasteiger partial charge >= 0.3 is 0 Å². The Kier molecular flexibility index (Phi) is 3.84. The fraction of sp³-hybridized carbons (Fsp3) is 1.00. The van der Waals surface area contributed by atoms with Crippen molar-refractivity contribution in [1.29, 1.82) is 0 Å². The highest BCUT2D eigenvalue weighted by Gasteiger charge is 2.56. The van der Waals surface area contributed by atoms with Gasteiger partial charge in [-0.05, 0) is 44.9 Å². The third-order valence-electron chi connectivity index (χ3n) is 5.53. The highest BCUT2D eigenvalue weighted by atomic mass is 16.3. The number of nitrogens with zero attached hydrogens (tertiary/aromatic N) is 1. The predicted octanol–water partition coefficient (Wildman–Crippen LogP) is 2.90. The fourth-order valence-corrected chi connectivity index (χ4v) is 3.82. The molecule has 2 nitrogen and oxygen atoms in total. The summed E-state index contributed by atoms with van der Waals surface area (Å²) in [6.07, 6.45) is 5.33. The van der Waals surface area contributed by atoms with Gasteiger partial charge in [0, 0.05) is 30.7 Å². The standard InChI is InChI=1S/C15H29NO/c1-11(2)15(10-17)8-14(15)9-16-12(3)6-5-7-13(16)4/h11-14,17H,5-10H2,1-4H3. The van der Waals surface area contributed by atoms with E-state index in [1.807, 2.05) is 0 Å². The third kappa shape index (κ3) is 2.39. The van der Waals surface area contributed by atoms with E-state index in [1.165, 1.54) is 32.2 Å². The molecule has 2 heteroatoms. The first-order valence-electron chi connectivity index (χ1n) is 7.38. The zero-order chi connectivity index (χ0) is 12.6. The fourth-order valence-electron chi connectivity index (χ4n) is 3.82. The van der Waals surface area contributed by atoms with Crippen LogP contribution in [0.15, 0.2) is 0 Å². The molecule has 2 aliphatic rings. The Morgan fingerprint density at radius 3 is 2.24 bits per heavy atom. The van der Waals surface area contributed by atoms with Crippen LogP contribution in [0, 0.1) is 17.3 Å². The van der Waals surface area contributed by atoms with E-state index in [9.17, 15) is 5.11 Å². The lowest BCUT2D eigenvalue weighted by Gasteiger charge is -2.39. The van der Waals surface area contributed by atoms with Crippen LogP contribution in [0.5, 0.6) is 0 Å². The molecular weight excluding hydrogens is 210 g/mol. The van der Waals surface area contributed by atoms with Gasteiger partial charge in [-0.2, -0.15) is 0 Å². The molecule has 2 rings (SSSR count). The van der Waals surface area contributed by atoms with Gasteiger partial charge in [-0.25, -0.2) is 0 Å². The topological polar surface area (TPSA) is 23.5 Å². The summed E-state index contributed by atoms with van der Waals surface area (Å²) in [5.74, 6) is 1.35. The van der Waals surface area contributed by atoms with Crippen molar-refractivity contribution in [2.45, 2.75) is 65.5 Å². The second-order valence-corrected chi connectivity index (χ2v) is 6.77. The van der Waals surface area contributed by atoms with Gasteiger partial charge in [0.1, 0.15) is 0 Å². The van der Waals surface area contributed by atoms with Crippen LogP contribution in [-0.4, -0.2) is 35.2 Å². The van der Waals surface area contributed by atoms with E-state index in [-0.39, 0.29) is 5.41 Å². The van der Waals surface area contributed by atoms with Gasteiger partial charge in [-0.3, -0.25) is 4.90 Å². The quantitative estimate of drug-likeness (QED) is 0.815. The molecule has 1 saturated carbocycles. The SMILES string of the molecule is CC1CCCC(C)N1CC1CC1(CO)C(C)C. The molecule has 17 heavy (non-hydrogen) atoms. The maximum atomic E-state index is 9.64. The molecule has 4 unspecified atom stereocenters. The zero-order valence-electron chi connectivity index (χ0n) is 11.9. The molecule has 0 spiro atoms. The van der Waals surface area contributed by atoms with E-state index in [4.69, 9.17) is 0 Å². The summed E-state index contributed by atoms with van der Waals surface area (Å²) < 4.78 is 0. The Balaban J connectivity index is 1.94. The Labute approximate surface area is 106 Å². The Morgan fingerprint density at radius 2 is 1.82 bits per heavy atom. The number of rotatable bonds is 4. The molecule has 2 fully saturated rings. The van der Waals surface area contributed by atoms with Gasteiger partial charge in [0.2, 0.25) is 0 Å². The van der Waals surface area contributed by atoms with Crippen LogP contribution < -0.4 is 0 Å². The zero-order valence-corrected chi connectivity index (χ0v) is 11.9. The van der Waals surface area contributed by atoms with Crippen molar-refractivity contribution in [2.24, 2.45) is 17.3 Å². The van der Waals surface area contributed by atoms with Gasteiger partial charge in [-0.1, -0.05) is 20.3 Å². The average Bonchev–Trinajstić information content (AvgIpc) is 2.99. The lowest BCUT2D eigenvalue weighted by Crippen LogP contribution is -2.45. The number of likely N-dealkylation sites (tertiary alicyclic amines) is 1. The first-order chi connectivity index (χ1) is 8.01. The van der Waals surface area contributed by atoms with Crippen molar-refractivity contribution in [3.63, 3.8) is 0 Å². The van der Waals surface area contributed by atoms with Crippen molar-refractivity contribution < 1.29 is 5.11 Å². The van der Waals surface area contributed by atoms with Gasteiger partial charge in [0.15, 0.2) is 0 Å². The van der Waals surface area contributed by atoms with Crippen molar-refractivity contribution in [3.8, 4) is 0 Å². The van der Waals surface area contributed by atoms with E-state index < -0.39 is 0 Å². The van der Waals surface area contributed by atoms with Gasteiger partial charge in [-0.15, -0.1) is 0 Å². The van der Waals surface area contributed by atoms with E-state index in [1.54, 1.807) is 0 Å². The van der Waals surface area contributed by atoms with Crippen molar-refractivity contribution >= 4 is 0 Å². The first-order valence-corrected chi connectivity index (χ1v) is 7.38. The number of aliphatic hydroxyl groups excluding tert-OH is 1. The van der Waals surface area contributed by atoms with Crippen LogP contribution in [0.4, 0.5) is 0 Å². The Bertz CT molecular complexity index is 256. The first kappa shape index (κ1) is 13.4. The van der Waals surface area contributed by atoms with Crippen LogP contribution in [0.25, 0.3) is 0 Å². The molecule has 0 radical (unpaired) electrons. The molecule has 0 aromatic heterocycles. The summed E-state index contributed by atoms with van der Waals surface area (Å²) in [7, 11) is 0. The molecule has 1 N–H and O–H groups in total. The minimum Gasteiger partial charge on any atom is -0.396 e. The molecule has 4 atom stereocenters. The molecular formula is C15H29NO. The van der Waals surface area contributed by atoms with Gasteiger partial charge < -0.3 is 5.11 Å². The Hall–Kier alpha value is -0.0800. The number of hydrogen-bond acceptors (Lipinski definition) is 2. The number of piperidine rings is 1. The highest BCUT2D eigenvalue weighted by Crippen LogP contribution is 2.58. The van der Waals surface area contributed by atoms with Crippen molar-refractivity contribution in [3.05, 3.63) is 0 Å².